The number of alkyl halides is 3. The van der Waals surface area contributed by atoms with Crippen LogP contribution in [0.15, 0.2) is 18.2 Å². The van der Waals surface area contributed by atoms with Gasteiger partial charge in [-0.1, -0.05) is 0 Å². The Hall–Kier alpha value is -2.12. The summed E-state index contributed by atoms with van der Waals surface area (Å²) in [6.07, 6.45) is -14.1. The van der Waals surface area contributed by atoms with Gasteiger partial charge in [0.2, 0.25) is 6.29 Å². The Morgan fingerprint density at radius 3 is 2.38 bits per heavy atom. The van der Waals surface area contributed by atoms with Crippen LogP contribution in [0, 0.1) is 0 Å². The zero-order chi connectivity index (χ0) is 19.6. The zero-order valence-corrected chi connectivity index (χ0v) is 13.0. The molecule has 1 aromatic carbocycles. The van der Waals surface area contributed by atoms with Crippen molar-refractivity contribution >= 4 is 5.97 Å². The molecule has 0 aromatic heterocycles. The molecule has 6 N–H and O–H groups in total. The van der Waals surface area contributed by atoms with Crippen LogP contribution in [-0.2, 0) is 16.1 Å². The number of aliphatic hydroxyl groups is 3. The van der Waals surface area contributed by atoms with Crippen LogP contribution in [-0.4, -0.2) is 63.5 Å². The summed E-state index contributed by atoms with van der Waals surface area (Å²) in [6, 6.07) is 2.90. The number of carboxylic acids is 1. The molecule has 0 amide bonds. The van der Waals surface area contributed by atoms with Crippen LogP contribution in [0.4, 0.5) is 13.2 Å². The summed E-state index contributed by atoms with van der Waals surface area (Å²) >= 11 is 0. The molecule has 0 radical (unpaired) electrons. The van der Waals surface area contributed by atoms with Crippen LogP contribution in [0.3, 0.4) is 0 Å². The minimum absolute atomic E-state index is 0.0371. The van der Waals surface area contributed by atoms with Crippen molar-refractivity contribution in [2.75, 3.05) is 0 Å². The lowest BCUT2D eigenvalue weighted by molar-refractivity contribution is -0.274. The molecule has 1 saturated heterocycles. The van der Waals surface area contributed by atoms with Gasteiger partial charge >= 0.3 is 12.3 Å². The molecule has 1 aromatic rings. The third-order valence-electron chi connectivity index (χ3n) is 3.54. The van der Waals surface area contributed by atoms with E-state index in [4.69, 9.17) is 20.3 Å². The average molecular weight is 383 g/mol. The van der Waals surface area contributed by atoms with Crippen LogP contribution in [0.5, 0.6) is 11.5 Å². The first kappa shape index (κ1) is 20.2. The molecule has 146 valence electrons. The first-order valence-corrected chi connectivity index (χ1v) is 7.21. The maximum Gasteiger partial charge on any atom is 0.573 e. The SMILES string of the molecule is NCc1cc(OC(F)(F)F)ccc1O[C@@H]1O[C@H](C(=O)O)[C@@H](O)[C@H](O)[C@H]1O. The van der Waals surface area contributed by atoms with Gasteiger partial charge in [0, 0.05) is 12.1 Å². The van der Waals surface area contributed by atoms with Gasteiger partial charge in [-0.2, -0.15) is 0 Å². The summed E-state index contributed by atoms with van der Waals surface area (Å²) in [6.45, 7) is -0.277. The highest BCUT2D eigenvalue weighted by Crippen LogP contribution is 2.31. The Kier molecular flexibility index (Phi) is 5.93. The Morgan fingerprint density at radius 2 is 1.85 bits per heavy atom. The third-order valence-corrected chi connectivity index (χ3v) is 3.54. The number of hydrogen-bond donors (Lipinski definition) is 5. The van der Waals surface area contributed by atoms with E-state index >= 15 is 0 Å². The lowest BCUT2D eigenvalue weighted by atomic mass is 9.99. The van der Waals surface area contributed by atoms with Gasteiger partial charge in [0.1, 0.15) is 29.8 Å². The number of benzene rings is 1. The fraction of sp³-hybridized carbons (Fsp3) is 0.500. The molecule has 0 bridgehead atoms. The monoisotopic (exact) mass is 383 g/mol. The minimum Gasteiger partial charge on any atom is -0.479 e. The fourth-order valence-electron chi connectivity index (χ4n) is 2.30. The number of aliphatic hydroxyl groups excluding tert-OH is 3. The van der Waals surface area contributed by atoms with Crippen LogP contribution < -0.4 is 15.2 Å². The molecule has 1 aliphatic rings. The largest absolute Gasteiger partial charge is 0.573 e. The maximum atomic E-state index is 12.3. The number of halogens is 3. The molecule has 1 fully saturated rings. The van der Waals surface area contributed by atoms with Gasteiger partial charge in [-0.05, 0) is 18.2 Å². The fourth-order valence-corrected chi connectivity index (χ4v) is 2.30. The van der Waals surface area contributed by atoms with Gasteiger partial charge in [-0.25, -0.2) is 4.79 Å². The minimum atomic E-state index is -4.91. The molecular formula is C14H16F3NO8. The van der Waals surface area contributed by atoms with Gasteiger partial charge in [-0.15, -0.1) is 13.2 Å². The summed E-state index contributed by atoms with van der Waals surface area (Å²) in [4.78, 5) is 11.0. The van der Waals surface area contributed by atoms with E-state index in [0.717, 1.165) is 18.2 Å². The summed E-state index contributed by atoms with van der Waals surface area (Å²) < 4.78 is 50.7. The van der Waals surface area contributed by atoms with Crippen LogP contribution in [0.25, 0.3) is 0 Å². The second-order valence-electron chi connectivity index (χ2n) is 5.37. The van der Waals surface area contributed by atoms with Crippen molar-refractivity contribution in [1.29, 1.82) is 0 Å². The van der Waals surface area contributed by atoms with Gasteiger partial charge in [0.15, 0.2) is 6.10 Å². The highest BCUT2D eigenvalue weighted by molar-refractivity contribution is 5.73. The Bertz CT molecular complexity index is 656. The zero-order valence-electron chi connectivity index (χ0n) is 13.0. The maximum absolute atomic E-state index is 12.3. The number of carboxylic acid groups (broad SMARTS) is 1. The van der Waals surface area contributed by atoms with Gasteiger partial charge in [0.05, 0.1) is 0 Å². The van der Waals surface area contributed by atoms with E-state index in [1.165, 1.54) is 0 Å². The first-order valence-electron chi connectivity index (χ1n) is 7.21. The van der Waals surface area contributed by atoms with Gasteiger partial charge < -0.3 is 40.4 Å². The number of carbonyl (C=O) groups is 1. The number of aliphatic carboxylic acids is 1. The van der Waals surface area contributed by atoms with E-state index < -0.39 is 48.8 Å². The molecule has 9 nitrogen and oxygen atoms in total. The number of hydrogen-bond acceptors (Lipinski definition) is 8. The normalized spacial score (nSPS) is 29.3. The number of rotatable bonds is 5. The molecule has 0 saturated carbocycles. The first-order chi connectivity index (χ1) is 12.0. The topological polar surface area (TPSA) is 152 Å². The van der Waals surface area contributed by atoms with Crippen molar-refractivity contribution in [3.63, 3.8) is 0 Å². The van der Waals surface area contributed by atoms with Gasteiger partial charge in [-0.3, -0.25) is 0 Å². The second kappa shape index (κ2) is 7.63. The average Bonchev–Trinajstić information content (AvgIpc) is 2.54. The predicted molar refractivity (Wildman–Crippen MR) is 76.0 cm³/mol. The van der Waals surface area contributed by atoms with E-state index in [2.05, 4.69) is 4.74 Å². The van der Waals surface area contributed by atoms with Crippen LogP contribution >= 0.6 is 0 Å². The van der Waals surface area contributed by atoms with Gasteiger partial charge in [0.25, 0.3) is 0 Å². The van der Waals surface area contributed by atoms with E-state index in [1.54, 1.807) is 0 Å². The quantitative estimate of drug-likeness (QED) is 0.445. The third kappa shape index (κ3) is 4.53. The Labute approximate surface area is 144 Å². The van der Waals surface area contributed by atoms with E-state index in [1.807, 2.05) is 0 Å². The van der Waals surface area contributed by atoms with E-state index in [9.17, 15) is 33.3 Å². The lowest BCUT2D eigenvalue weighted by Gasteiger charge is -2.38. The van der Waals surface area contributed by atoms with Crippen molar-refractivity contribution in [2.45, 2.75) is 43.6 Å². The molecule has 0 aliphatic carbocycles. The molecule has 0 spiro atoms. The molecule has 1 heterocycles. The highest BCUT2D eigenvalue weighted by atomic mass is 19.4. The molecule has 2 rings (SSSR count). The van der Waals surface area contributed by atoms with Crippen molar-refractivity contribution < 1.29 is 52.6 Å². The molecule has 5 atom stereocenters. The molecule has 12 heteroatoms. The molecule has 26 heavy (non-hydrogen) atoms. The molecular weight excluding hydrogens is 367 g/mol. The van der Waals surface area contributed by atoms with E-state index in [-0.39, 0.29) is 17.9 Å². The number of ether oxygens (including phenoxy) is 3. The standard InChI is InChI=1S/C14H16F3NO8/c15-14(16,17)26-6-1-2-7(5(3-6)4-18)24-13-10(21)8(19)9(20)11(25-13)12(22)23/h1-3,8-11,13,19-21H,4,18H2,(H,22,23)/t8-,9-,10+,11-,13+/m0/s1. The Balaban J connectivity index is 2.22. The van der Waals surface area contributed by atoms with Crippen molar-refractivity contribution in [3.8, 4) is 11.5 Å². The smallest absolute Gasteiger partial charge is 0.479 e. The molecule has 0 unspecified atom stereocenters. The second-order valence-corrected chi connectivity index (χ2v) is 5.37. The summed E-state index contributed by atoms with van der Waals surface area (Å²) in [7, 11) is 0. The van der Waals surface area contributed by atoms with Crippen molar-refractivity contribution in [3.05, 3.63) is 23.8 Å². The highest BCUT2D eigenvalue weighted by Gasteiger charge is 2.48. The predicted octanol–water partition coefficient (Wildman–Crippen LogP) is -0.685. The van der Waals surface area contributed by atoms with Crippen LogP contribution in [0.2, 0.25) is 0 Å². The summed E-state index contributed by atoms with van der Waals surface area (Å²) in [5.74, 6) is -2.29. The molecule has 1 aliphatic heterocycles. The van der Waals surface area contributed by atoms with Crippen molar-refractivity contribution in [2.24, 2.45) is 5.73 Å². The number of nitrogens with two attached hydrogens (primary N) is 1. The summed E-state index contributed by atoms with van der Waals surface area (Å²) in [5.41, 5.74) is 5.48. The van der Waals surface area contributed by atoms with E-state index in [0.29, 0.717) is 0 Å². The Morgan fingerprint density at radius 1 is 1.19 bits per heavy atom. The van der Waals surface area contributed by atoms with Crippen LogP contribution in [0.1, 0.15) is 5.56 Å². The summed E-state index contributed by atoms with van der Waals surface area (Å²) in [5, 5.41) is 38.2. The lowest BCUT2D eigenvalue weighted by Crippen LogP contribution is -2.61. The van der Waals surface area contributed by atoms with Crippen molar-refractivity contribution in [1.82, 2.24) is 0 Å².